The van der Waals surface area contributed by atoms with Crippen molar-refractivity contribution in [3.63, 3.8) is 0 Å². The van der Waals surface area contributed by atoms with Gasteiger partial charge in [0.05, 0.1) is 6.54 Å². The molecule has 3 heterocycles. The minimum Gasteiger partial charge on any atom is -0.301 e. The Kier molecular flexibility index (Phi) is 6.54. The molecule has 150 valence electrons. The van der Waals surface area contributed by atoms with Crippen LogP contribution in [0.3, 0.4) is 0 Å². The Labute approximate surface area is 179 Å². The quantitative estimate of drug-likeness (QED) is 0.625. The van der Waals surface area contributed by atoms with Gasteiger partial charge in [0.15, 0.2) is 5.13 Å². The maximum absolute atomic E-state index is 12.3. The summed E-state index contributed by atoms with van der Waals surface area (Å²) in [6, 6.07) is 14.2. The topological polar surface area (TPSA) is 58.1 Å². The number of hydrogen-bond acceptors (Lipinski definition) is 5. The number of rotatable bonds is 6. The van der Waals surface area contributed by atoms with Crippen molar-refractivity contribution in [3.8, 4) is 0 Å². The predicted octanol–water partition coefficient (Wildman–Crippen LogP) is 4.60. The number of likely N-dealkylation sites (tertiary alicyclic amines) is 1. The fraction of sp³-hybridized carbons (Fsp3) is 0.318. The third-order valence-corrected chi connectivity index (χ3v) is 6.04. The van der Waals surface area contributed by atoms with E-state index in [1.54, 1.807) is 6.20 Å². The largest absolute Gasteiger partial charge is 0.301 e. The Morgan fingerprint density at radius 3 is 2.90 bits per heavy atom. The van der Waals surface area contributed by atoms with Gasteiger partial charge in [0.25, 0.3) is 0 Å². The second-order valence-electron chi connectivity index (χ2n) is 7.32. The van der Waals surface area contributed by atoms with Crippen molar-refractivity contribution in [2.24, 2.45) is 0 Å². The monoisotopic (exact) mass is 426 g/mol. The van der Waals surface area contributed by atoms with E-state index in [-0.39, 0.29) is 5.91 Å². The fourth-order valence-electron chi connectivity index (χ4n) is 3.72. The van der Waals surface area contributed by atoms with Gasteiger partial charge < -0.3 is 5.32 Å². The van der Waals surface area contributed by atoms with Gasteiger partial charge in [-0.15, -0.1) is 11.3 Å². The van der Waals surface area contributed by atoms with E-state index in [2.05, 4.69) is 33.4 Å². The van der Waals surface area contributed by atoms with E-state index in [4.69, 9.17) is 16.6 Å². The second-order valence-corrected chi connectivity index (χ2v) is 8.65. The summed E-state index contributed by atoms with van der Waals surface area (Å²) in [7, 11) is 0. The van der Waals surface area contributed by atoms with Gasteiger partial charge in [0, 0.05) is 46.9 Å². The standard InChI is InChI=1S/C22H23ClN4OS/c23-18-8-6-16(7-9-18)13-19-4-1-5-20(25-19)17-3-2-11-27(14-17)15-21(28)26-22-24-10-12-29-22/h1,4-10,12,17H,2-3,11,13-15H2,(H,24,26,28). The van der Waals surface area contributed by atoms with Gasteiger partial charge in [0.1, 0.15) is 0 Å². The molecular weight excluding hydrogens is 404 g/mol. The van der Waals surface area contributed by atoms with Crippen molar-refractivity contribution in [1.29, 1.82) is 0 Å². The summed E-state index contributed by atoms with van der Waals surface area (Å²) in [4.78, 5) is 23.5. The highest BCUT2D eigenvalue weighted by atomic mass is 35.5. The molecule has 0 radical (unpaired) electrons. The minimum atomic E-state index is -0.00921. The summed E-state index contributed by atoms with van der Waals surface area (Å²) in [5, 5.41) is 6.12. The van der Waals surface area contributed by atoms with E-state index >= 15 is 0 Å². The molecule has 1 N–H and O–H groups in total. The Balaban J connectivity index is 1.37. The van der Waals surface area contributed by atoms with Crippen molar-refractivity contribution in [2.45, 2.75) is 25.2 Å². The molecule has 1 atom stereocenters. The molecule has 1 amide bonds. The number of amides is 1. The maximum Gasteiger partial charge on any atom is 0.240 e. The number of carbonyl (C=O) groups is 1. The molecule has 29 heavy (non-hydrogen) atoms. The molecule has 1 saturated heterocycles. The molecule has 1 aliphatic heterocycles. The number of thiazole rings is 1. The van der Waals surface area contributed by atoms with E-state index < -0.39 is 0 Å². The Hall–Kier alpha value is -2.28. The van der Waals surface area contributed by atoms with E-state index in [0.29, 0.717) is 17.6 Å². The molecule has 0 bridgehead atoms. The number of aromatic nitrogens is 2. The number of nitrogens with one attached hydrogen (secondary N) is 1. The average Bonchev–Trinajstić information content (AvgIpc) is 3.23. The summed E-state index contributed by atoms with van der Waals surface area (Å²) in [5.41, 5.74) is 3.37. The highest BCUT2D eigenvalue weighted by Gasteiger charge is 2.24. The molecule has 3 aromatic rings. The zero-order valence-electron chi connectivity index (χ0n) is 16.1. The van der Waals surface area contributed by atoms with E-state index in [1.165, 1.54) is 16.9 Å². The lowest BCUT2D eigenvalue weighted by molar-refractivity contribution is -0.117. The first-order valence-corrected chi connectivity index (χ1v) is 11.0. The van der Waals surface area contributed by atoms with Crippen molar-refractivity contribution >= 4 is 34.0 Å². The first-order chi connectivity index (χ1) is 14.2. The van der Waals surface area contributed by atoms with Crippen LogP contribution in [-0.2, 0) is 11.2 Å². The number of hydrogen-bond donors (Lipinski definition) is 1. The van der Waals surface area contributed by atoms with Crippen LogP contribution in [0.15, 0.2) is 54.0 Å². The zero-order chi connectivity index (χ0) is 20.1. The normalized spacial score (nSPS) is 17.2. The van der Waals surface area contributed by atoms with E-state index in [9.17, 15) is 4.79 Å². The van der Waals surface area contributed by atoms with Gasteiger partial charge in [0.2, 0.25) is 5.91 Å². The molecule has 4 rings (SSSR count). The minimum absolute atomic E-state index is 0.00921. The number of carbonyl (C=O) groups excluding carboxylic acids is 1. The van der Waals surface area contributed by atoms with Gasteiger partial charge in [-0.2, -0.15) is 0 Å². The van der Waals surface area contributed by atoms with Crippen LogP contribution < -0.4 is 5.32 Å². The van der Waals surface area contributed by atoms with Crippen LogP contribution in [0.25, 0.3) is 0 Å². The van der Waals surface area contributed by atoms with Crippen molar-refractivity contribution in [2.75, 3.05) is 25.0 Å². The molecule has 1 aliphatic rings. The summed E-state index contributed by atoms with van der Waals surface area (Å²) in [6.45, 7) is 2.18. The lowest BCUT2D eigenvalue weighted by Gasteiger charge is -2.32. The average molecular weight is 427 g/mol. The molecule has 7 heteroatoms. The number of anilines is 1. The van der Waals surface area contributed by atoms with Crippen LogP contribution in [0.4, 0.5) is 5.13 Å². The number of piperidine rings is 1. The molecule has 0 aliphatic carbocycles. The highest BCUT2D eigenvalue weighted by molar-refractivity contribution is 7.13. The SMILES string of the molecule is O=C(CN1CCCC(c2cccc(Cc3ccc(Cl)cc3)n2)C1)Nc1nccs1. The molecule has 1 unspecified atom stereocenters. The third-order valence-electron chi connectivity index (χ3n) is 5.10. The van der Waals surface area contributed by atoms with Gasteiger partial charge in [-0.25, -0.2) is 4.98 Å². The van der Waals surface area contributed by atoms with Crippen molar-refractivity contribution < 1.29 is 4.79 Å². The number of pyridine rings is 1. The van der Waals surface area contributed by atoms with E-state index in [0.717, 1.165) is 48.8 Å². The Morgan fingerprint density at radius 2 is 2.10 bits per heavy atom. The predicted molar refractivity (Wildman–Crippen MR) is 118 cm³/mol. The summed E-state index contributed by atoms with van der Waals surface area (Å²) in [6.07, 6.45) is 4.65. The van der Waals surface area contributed by atoms with Gasteiger partial charge >= 0.3 is 0 Å². The van der Waals surface area contributed by atoms with E-state index in [1.807, 2.05) is 29.6 Å². The number of nitrogens with zero attached hydrogens (tertiary/aromatic N) is 3. The number of halogens is 1. The lowest BCUT2D eigenvalue weighted by Crippen LogP contribution is -2.40. The Bertz CT molecular complexity index is 946. The first kappa shape index (κ1) is 20.0. The van der Waals surface area contributed by atoms with Crippen LogP contribution in [0.5, 0.6) is 0 Å². The Morgan fingerprint density at radius 1 is 1.24 bits per heavy atom. The second kappa shape index (κ2) is 9.48. The molecule has 0 saturated carbocycles. The molecule has 2 aromatic heterocycles. The zero-order valence-corrected chi connectivity index (χ0v) is 17.6. The van der Waals surface area contributed by atoms with Crippen LogP contribution in [-0.4, -0.2) is 40.4 Å². The first-order valence-electron chi connectivity index (χ1n) is 9.78. The summed E-state index contributed by atoms with van der Waals surface area (Å²) < 4.78 is 0. The molecule has 5 nitrogen and oxygen atoms in total. The van der Waals surface area contributed by atoms with Crippen LogP contribution >= 0.6 is 22.9 Å². The number of benzene rings is 1. The van der Waals surface area contributed by atoms with Gasteiger partial charge in [-0.05, 0) is 49.2 Å². The van der Waals surface area contributed by atoms with Crippen LogP contribution in [0, 0.1) is 0 Å². The maximum atomic E-state index is 12.3. The molecule has 0 spiro atoms. The van der Waals surface area contributed by atoms with Crippen LogP contribution in [0.2, 0.25) is 5.02 Å². The smallest absolute Gasteiger partial charge is 0.240 e. The van der Waals surface area contributed by atoms with Crippen molar-refractivity contribution in [3.05, 3.63) is 76.0 Å². The molecular formula is C22H23ClN4OS. The van der Waals surface area contributed by atoms with Gasteiger partial charge in [-0.1, -0.05) is 29.8 Å². The molecule has 1 aromatic carbocycles. The van der Waals surface area contributed by atoms with Crippen molar-refractivity contribution in [1.82, 2.24) is 14.9 Å². The highest BCUT2D eigenvalue weighted by Crippen LogP contribution is 2.26. The lowest BCUT2D eigenvalue weighted by atomic mass is 9.94. The third kappa shape index (κ3) is 5.63. The fourth-order valence-corrected chi connectivity index (χ4v) is 4.39. The van der Waals surface area contributed by atoms with Gasteiger partial charge in [-0.3, -0.25) is 14.7 Å². The summed E-state index contributed by atoms with van der Waals surface area (Å²) in [5.74, 6) is 0.339. The summed E-state index contributed by atoms with van der Waals surface area (Å²) >= 11 is 7.41. The van der Waals surface area contributed by atoms with Crippen LogP contribution in [0.1, 0.15) is 35.7 Å². The molecule has 1 fully saturated rings.